The van der Waals surface area contributed by atoms with Gasteiger partial charge in [0.15, 0.2) is 0 Å². The molecule has 0 unspecified atom stereocenters. The van der Waals surface area contributed by atoms with Gasteiger partial charge in [0.2, 0.25) is 0 Å². The molecule has 0 spiro atoms. The van der Waals surface area contributed by atoms with Crippen molar-refractivity contribution in [2.45, 2.75) is 17.9 Å². The third-order valence-electron chi connectivity index (χ3n) is 4.89. The number of benzene rings is 2. The summed E-state index contributed by atoms with van der Waals surface area (Å²) in [6.07, 6.45) is 4.96. The lowest BCUT2D eigenvalue weighted by molar-refractivity contribution is 0.588. The summed E-state index contributed by atoms with van der Waals surface area (Å²) in [6.45, 7) is 0.523. The van der Waals surface area contributed by atoms with Crippen molar-refractivity contribution in [1.29, 1.82) is 0 Å². The van der Waals surface area contributed by atoms with Crippen LogP contribution in [0.2, 0.25) is 5.02 Å². The van der Waals surface area contributed by atoms with Gasteiger partial charge in [0.25, 0.3) is 10.0 Å². The lowest BCUT2D eigenvalue weighted by Crippen LogP contribution is -2.12. The smallest absolute Gasteiger partial charge is 0.269 e. The van der Waals surface area contributed by atoms with Gasteiger partial charge >= 0.3 is 0 Å². The van der Waals surface area contributed by atoms with Crippen LogP contribution in [0.1, 0.15) is 16.7 Å². The fraction of sp³-hybridized carbons (Fsp3) is 0.136. The molecule has 0 atom stereocenters. The number of pyridine rings is 1. The van der Waals surface area contributed by atoms with E-state index in [1.54, 1.807) is 18.3 Å². The first kappa shape index (κ1) is 23.2. The van der Waals surface area contributed by atoms with Crippen LogP contribution in [-0.4, -0.2) is 24.4 Å². The molecule has 0 saturated carbocycles. The van der Waals surface area contributed by atoms with Crippen LogP contribution >= 0.6 is 24.0 Å². The van der Waals surface area contributed by atoms with Gasteiger partial charge in [-0.15, -0.1) is 12.4 Å². The minimum absolute atomic E-state index is 0. The third kappa shape index (κ3) is 4.60. The third-order valence-corrected chi connectivity index (χ3v) is 6.90. The highest BCUT2D eigenvalue weighted by atomic mass is 35.5. The van der Waals surface area contributed by atoms with Crippen molar-refractivity contribution in [2.75, 3.05) is 7.05 Å². The predicted molar refractivity (Wildman–Crippen MR) is 123 cm³/mol. The van der Waals surface area contributed by atoms with Gasteiger partial charge in [-0.3, -0.25) is 4.98 Å². The number of rotatable bonds is 6. The number of halogens is 3. The fourth-order valence-electron chi connectivity index (χ4n) is 3.45. The maximum atomic E-state index is 13.3. The fourth-order valence-corrected chi connectivity index (χ4v) is 5.03. The van der Waals surface area contributed by atoms with Crippen LogP contribution in [0.5, 0.6) is 0 Å². The van der Waals surface area contributed by atoms with E-state index in [2.05, 4.69) is 10.3 Å². The number of aromatic nitrogens is 2. The highest BCUT2D eigenvalue weighted by Gasteiger charge is 2.21. The zero-order chi connectivity index (χ0) is 21.3. The maximum Gasteiger partial charge on any atom is 0.269 e. The first-order valence-electron chi connectivity index (χ1n) is 9.27. The van der Waals surface area contributed by atoms with E-state index in [1.165, 1.54) is 34.6 Å². The number of hydrogen-bond donors (Lipinski definition) is 1. The largest absolute Gasteiger partial charge is 0.316 e. The van der Waals surface area contributed by atoms with E-state index in [0.717, 1.165) is 22.1 Å². The number of nitrogens with zero attached hydrogens (tertiary/aromatic N) is 2. The molecule has 2 aromatic carbocycles. The highest BCUT2D eigenvalue weighted by molar-refractivity contribution is 7.90. The van der Waals surface area contributed by atoms with Gasteiger partial charge in [-0.1, -0.05) is 29.8 Å². The second-order valence-electron chi connectivity index (χ2n) is 6.94. The molecule has 1 N–H and O–H groups in total. The Morgan fingerprint density at radius 3 is 2.61 bits per heavy atom. The number of nitrogens with one attached hydrogen (secondary N) is 1. The number of fused-ring (bicyclic) bond motifs is 1. The van der Waals surface area contributed by atoms with Crippen molar-refractivity contribution in [1.82, 2.24) is 14.3 Å². The Labute approximate surface area is 191 Å². The van der Waals surface area contributed by atoms with E-state index < -0.39 is 15.8 Å². The second-order valence-corrected chi connectivity index (χ2v) is 9.16. The summed E-state index contributed by atoms with van der Waals surface area (Å²) in [5.41, 5.74) is 3.07. The average Bonchev–Trinajstić information content (AvgIpc) is 3.10. The van der Waals surface area contributed by atoms with Crippen molar-refractivity contribution < 1.29 is 12.8 Å². The van der Waals surface area contributed by atoms with E-state index >= 15 is 0 Å². The topological polar surface area (TPSA) is 64.0 Å². The summed E-state index contributed by atoms with van der Waals surface area (Å²) in [5.74, 6) is -0.396. The Morgan fingerprint density at radius 2 is 1.94 bits per heavy atom. The van der Waals surface area contributed by atoms with E-state index in [-0.39, 0.29) is 17.3 Å². The Kier molecular flexibility index (Phi) is 7.01. The Balaban J connectivity index is 0.00000272. The molecule has 0 saturated heterocycles. The Morgan fingerprint density at radius 1 is 1.13 bits per heavy atom. The summed E-state index contributed by atoms with van der Waals surface area (Å²) in [6, 6.07) is 13.1. The molecular weight excluding hydrogens is 460 g/mol. The molecular formula is C22H20Cl2FN3O2S. The summed E-state index contributed by atoms with van der Waals surface area (Å²) in [5, 5.41) is 4.25. The highest BCUT2D eigenvalue weighted by Crippen LogP contribution is 2.29. The molecule has 0 amide bonds. The maximum absolute atomic E-state index is 13.3. The normalized spacial score (nSPS) is 11.5. The molecule has 162 valence electrons. The Bertz CT molecular complexity index is 1330. The van der Waals surface area contributed by atoms with Crippen molar-refractivity contribution >= 4 is 44.9 Å². The summed E-state index contributed by atoms with van der Waals surface area (Å²) in [4.78, 5) is 4.06. The molecule has 0 aliphatic heterocycles. The van der Waals surface area contributed by atoms with E-state index in [4.69, 9.17) is 11.6 Å². The average molecular weight is 480 g/mol. The van der Waals surface area contributed by atoms with Crippen LogP contribution in [0.25, 0.3) is 10.9 Å². The van der Waals surface area contributed by atoms with Crippen molar-refractivity contribution in [3.63, 3.8) is 0 Å². The van der Waals surface area contributed by atoms with Crippen LogP contribution < -0.4 is 5.32 Å². The van der Waals surface area contributed by atoms with E-state index in [9.17, 15) is 12.8 Å². The van der Waals surface area contributed by atoms with Crippen molar-refractivity contribution in [3.8, 4) is 0 Å². The summed E-state index contributed by atoms with van der Waals surface area (Å²) >= 11 is 6.17. The van der Waals surface area contributed by atoms with Crippen LogP contribution in [0.3, 0.4) is 0 Å². The molecule has 31 heavy (non-hydrogen) atoms. The SMILES string of the molecule is CNCc1cn(S(=O)(=O)c2cccnc2)c2cc(Cc3ccc(F)cc3Cl)ccc12.Cl. The van der Waals surface area contributed by atoms with Gasteiger partial charge in [0, 0.05) is 35.5 Å². The zero-order valence-corrected chi connectivity index (χ0v) is 18.9. The van der Waals surface area contributed by atoms with Gasteiger partial charge in [-0.25, -0.2) is 16.8 Å². The van der Waals surface area contributed by atoms with E-state index in [1.807, 2.05) is 25.2 Å². The van der Waals surface area contributed by atoms with Gasteiger partial charge in [-0.05, 0) is 60.5 Å². The molecule has 2 heterocycles. The van der Waals surface area contributed by atoms with Crippen molar-refractivity contribution in [3.05, 3.63) is 94.7 Å². The number of hydrogen-bond acceptors (Lipinski definition) is 4. The standard InChI is InChI=1S/C22H19ClFN3O2S.ClH/c1-25-12-17-14-27(30(28,29)19-3-2-8-26-13-19)22-10-15(4-7-20(17)22)9-16-5-6-18(24)11-21(16)23;/h2-8,10-11,13-14,25H,9,12H2,1H3;1H. The molecule has 0 aliphatic carbocycles. The van der Waals surface area contributed by atoms with Gasteiger partial charge in [0.05, 0.1) is 5.52 Å². The molecule has 0 aliphatic rings. The quantitative estimate of drug-likeness (QED) is 0.431. The van der Waals surface area contributed by atoms with E-state index in [0.29, 0.717) is 23.5 Å². The molecule has 2 aromatic heterocycles. The molecule has 4 aromatic rings. The van der Waals surface area contributed by atoms with Gasteiger partial charge in [-0.2, -0.15) is 0 Å². The van der Waals surface area contributed by atoms with Crippen LogP contribution in [0.4, 0.5) is 4.39 Å². The summed E-state index contributed by atoms with van der Waals surface area (Å²) < 4.78 is 41.2. The molecule has 0 fully saturated rings. The van der Waals surface area contributed by atoms with Gasteiger partial charge in [0.1, 0.15) is 10.7 Å². The minimum atomic E-state index is -3.82. The molecule has 4 rings (SSSR count). The Hall–Kier alpha value is -2.45. The molecule has 0 bridgehead atoms. The molecule has 5 nitrogen and oxygen atoms in total. The molecule has 9 heteroatoms. The summed E-state index contributed by atoms with van der Waals surface area (Å²) in [7, 11) is -2.01. The molecule has 0 radical (unpaired) electrons. The van der Waals surface area contributed by atoms with Crippen molar-refractivity contribution in [2.24, 2.45) is 0 Å². The lowest BCUT2D eigenvalue weighted by Gasteiger charge is -2.09. The lowest BCUT2D eigenvalue weighted by atomic mass is 10.0. The minimum Gasteiger partial charge on any atom is -0.316 e. The second kappa shape index (κ2) is 9.36. The predicted octanol–water partition coefficient (Wildman–Crippen LogP) is 4.80. The first-order valence-corrected chi connectivity index (χ1v) is 11.1. The van der Waals surface area contributed by atoms with Gasteiger partial charge < -0.3 is 5.32 Å². The van der Waals surface area contributed by atoms with Crippen LogP contribution in [0, 0.1) is 5.82 Å². The zero-order valence-electron chi connectivity index (χ0n) is 16.5. The van der Waals surface area contributed by atoms with Crippen LogP contribution in [-0.2, 0) is 23.0 Å². The van der Waals surface area contributed by atoms with Crippen LogP contribution in [0.15, 0.2) is 72.0 Å². The first-order chi connectivity index (χ1) is 14.4. The monoisotopic (exact) mass is 479 g/mol.